The van der Waals surface area contributed by atoms with E-state index < -0.39 is 0 Å². The number of anilines is 2. The van der Waals surface area contributed by atoms with E-state index in [-0.39, 0.29) is 5.91 Å². The molecule has 0 unspecified atom stereocenters. The largest absolute Gasteiger partial charge is 0.489 e. The highest BCUT2D eigenvalue weighted by atomic mass is 79.9. The average molecular weight is 368 g/mol. The molecule has 21 heavy (non-hydrogen) atoms. The van der Waals surface area contributed by atoms with E-state index >= 15 is 0 Å². The van der Waals surface area contributed by atoms with Gasteiger partial charge >= 0.3 is 0 Å². The molecule has 1 N–H and O–H groups in total. The van der Waals surface area contributed by atoms with Crippen molar-refractivity contribution in [2.45, 2.75) is 6.92 Å². The monoisotopic (exact) mass is 367 g/mol. The second-order valence-corrected chi connectivity index (χ2v) is 6.50. The van der Waals surface area contributed by atoms with Crippen molar-refractivity contribution in [1.29, 1.82) is 0 Å². The van der Waals surface area contributed by atoms with Gasteiger partial charge in [0.05, 0.1) is 17.9 Å². The van der Waals surface area contributed by atoms with Gasteiger partial charge in [0.2, 0.25) is 0 Å². The van der Waals surface area contributed by atoms with Crippen molar-refractivity contribution in [3.8, 4) is 5.75 Å². The number of amides is 1. The summed E-state index contributed by atoms with van der Waals surface area (Å²) < 4.78 is 6.66. The first-order valence-corrected chi connectivity index (χ1v) is 8.10. The highest BCUT2D eigenvalue weighted by Gasteiger charge is 2.24. The Morgan fingerprint density at radius 2 is 2.33 bits per heavy atom. The highest BCUT2D eigenvalue weighted by Crippen LogP contribution is 2.40. The summed E-state index contributed by atoms with van der Waals surface area (Å²) >= 11 is 4.85. The molecular weight excluding hydrogens is 354 g/mol. The summed E-state index contributed by atoms with van der Waals surface area (Å²) in [5.74, 6) is 0.727. The Morgan fingerprint density at radius 1 is 1.52 bits per heavy atom. The number of hydrogen-bond acceptors (Lipinski definition) is 5. The van der Waals surface area contributed by atoms with E-state index in [1.807, 2.05) is 25.1 Å². The van der Waals surface area contributed by atoms with Crippen LogP contribution in [0.5, 0.6) is 5.75 Å². The lowest BCUT2D eigenvalue weighted by atomic mass is 10.2. The fourth-order valence-corrected chi connectivity index (χ4v) is 3.61. The Labute approximate surface area is 135 Å². The number of thiazole rings is 1. The normalized spacial score (nSPS) is 13.6. The first-order chi connectivity index (χ1) is 10.1. The van der Waals surface area contributed by atoms with Crippen LogP contribution >= 0.6 is 27.3 Å². The van der Waals surface area contributed by atoms with E-state index in [9.17, 15) is 4.79 Å². The van der Waals surface area contributed by atoms with Gasteiger partial charge in [0, 0.05) is 11.5 Å². The summed E-state index contributed by atoms with van der Waals surface area (Å²) in [6, 6.07) is 5.91. The summed E-state index contributed by atoms with van der Waals surface area (Å²) in [5.41, 5.74) is 1.72. The molecule has 0 atom stereocenters. The van der Waals surface area contributed by atoms with E-state index in [2.05, 4.69) is 31.1 Å². The number of fused-ring (bicyclic) bond motifs is 1. The maximum atomic E-state index is 11.8. The molecule has 7 heteroatoms. The number of ether oxygens (including phenoxy) is 1. The minimum Gasteiger partial charge on any atom is -0.489 e. The number of benzene rings is 1. The van der Waals surface area contributed by atoms with Crippen molar-refractivity contribution in [3.05, 3.63) is 33.2 Å². The van der Waals surface area contributed by atoms with Gasteiger partial charge in [0.1, 0.15) is 17.2 Å². The van der Waals surface area contributed by atoms with Crippen LogP contribution in [0.2, 0.25) is 0 Å². The first-order valence-electron chi connectivity index (χ1n) is 6.49. The van der Waals surface area contributed by atoms with Crippen molar-refractivity contribution in [3.63, 3.8) is 0 Å². The molecule has 1 amide bonds. The molecule has 0 aliphatic carbocycles. The van der Waals surface area contributed by atoms with Crippen molar-refractivity contribution < 1.29 is 9.53 Å². The van der Waals surface area contributed by atoms with Gasteiger partial charge in [-0.1, -0.05) is 27.3 Å². The summed E-state index contributed by atoms with van der Waals surface area (Å²) in [4.78, 5) is 19.1. The molecule has 3 rings (SSSR count). The standard InChI is InChI=1S/C14H14BrN3O2S/c1-8-12(13(19)16-2)21-14(17-8)18-5-6-20-11-7-9(15)3-4-10(11)18/h3-4,7H,5-6H2,1-2H3,(H,16,19). The van der Waals surface area contributed by atoms with E-state index in [1.165, 1.54) is 11.3 Å². The number of aromatic nitrogens is 1. The topological polar surface area (TPSA) is 54.5 Å². The van der Waals surface area contributed by atoms with Gasteiger partial charge in [0.25, 0.3) is 5.91 Å². The summed E-state index contributed by atoms with van der Waals surface area (Å²) in [7, 11) is 1.63. The fraction of sp³-hybridized carbons (Fsp3) is 0.286. The van der Waals surface area contributed by atoms with Gasteiger partial charge in [-0.15, -0.1) is 0 Å². The molecule has 0 radical (unpaired) electrons. The number of hydrogen-bond donors (Lipinski definition) is 1. The third kappa shape index (κ3) is 2.63. The molecule has 110 valence electrons. The minimum absolute atomic E-state index is 0.0967. The van der Waals surface area contributed by atoms with Crippen LogP contribution in [0.25, 0.3) is 0 Å². The van der Waals surface area contributed by atoms with Crippen LogP contribution in [0, 0.1) is 6.92 Å². The number of nitrogens with zero attached hydrogens (tertiary/aromatic N) is 2. The zero-order chi connectivity index (χ0) is 15.0. The Hall–Kier alpha value is -1.60. The molecule has 5 nitrogen and oxygen atoms in total. The van der Waals surface area contributed by atoms with Gasteiger partial charge in [-0.3, -0.25) is 4.79 Å². The van der Waals surface area contributed by atoms with E-state index in [1.54, 1.807) is 7.05 Å². The van der Waals surface area contributed by atoms with Crippen LogP contribution in [0.15, 0.2) is 22.7 Å². The lowest BCUT2D eigenvalue weighted by Gasteiger charge is -2.29. The van der Waals surface area contributed by atoms with Crippen LogP contribution in [0.1, 0.15) is 15.4 Å². The minimum atomic E-state index is -0.0967. The van der Waals surface area contributed by atoms with E-state index in [0.717, 1.165) is 33.3 Å². The molecule has 2 heterocycles. The maximum Gasteiger partial charge on any atom is 0.263 e. The van der Waals surface area contributed by atoms with Gasteiger partial charge in [-0.2, -0.15) is 0 Å². The molecule has 0 fully saturated rings. The van der Waals surface area contributed by atoms with Crippen molar-refractivity contribution >= 4 is 44.0 Å². The smallest absolute Gasteiger partial charge is 0.263 e. The van der Waals surface area contributed by atoms with E-state index in [0.29, 0.717) is 11.5 Å². The Kier molecular flexibility index (Phi) is 3.86. The van der Waals surface area contributed by atoms with Crippen LogP contribution < -0.4 is 15.0 Å². The zero-order valence-electron chi connectivity index (χ0n) is 11.6. The second kappa shape index (κ2) is 5.65. The number of aryl methyl sites for hydroxylation is 1. The molecule has 2 aromatic rings. The van der Waals surface area contributed by atoms with Gasteiger partial charge < -0.3 is 15.0 Å². The van der Waals surface area contributed by atoms with Crippen LogP contribution in [0.3, 0.4) is 0 Å². The number of nitrogens with one attached hydrogen (secondary N) is 1. The molecule has 0 saturated carbocycles. The Bertz CT molecular complexity index is 702. The molecule has 0 bridgehead atoms. The van der Waals surface area contributed by atoms with Gasteiger partial charge in [0.15, 0.2) is 5.13 Å². The SMILES string of the molecule is CNC(=O)c1sc(N2CCOc3cc(Br)ccc32)nc1C. The summed E-state index contributed by atoms with van der Waals surface area (Å²) in [6.07, 6.45) is 0. The summed E-state index contributed by atoms with van der Waals surface area (Å²) in [5, 5.41) is 3.46. The molecule has 1 aliphatic rings. The number of halogens is 1. The van der Waals surface area contributed by atoms with Gasteiger partial charge in [-0.05, 0) is 25.1 Å². The zero-order valence-corrected chi connectivity index (χ0v) is 14.0. The average Bonchev–Trinajstić information content (AvgIpc) is 2.87. The number of carbonyl (C=O) groups excluding carboxylic acids is 1. The third-order valence-corrected chi connectivity index (χ3v) is 4.91. The van der Waals surface area contributed by atoms with Crippen LogP contribution in [-0.4, -0.2) is 31.1 Å². The molecule has 1 aliphatic heterocycles. The Morgan fingerprint density at radius 3 is 3.10 bits per heavy atom. The quantitative estimate of drug-likeness (QED) is 0.885. The molecule has 1 aromatic heterocycles. The highest BCUT2D eigenvalue weighted by molar-refractivity contribution is 9.10. The van der Waals surface area contributed by atoms with Gasteiger partial charge in [-0.25, -0.2) is 4.98 Å². The molecule has 1 aromatic carbocycles. The van der Waals surface area contributed by atoms with Crippen LogP contribution in [0.4, 0.5) is 10.8 Å². The van der Waals surface area contributed by atoms with E-state index in [4.69, 9.17) is 4.74 Å². The van der Waals surface area contributed by atoms with Crippen LogP contribution in [-0.2, 0) is 0 Å². The maximum absolute atomic E-state index is 11.8. The van der Waals surface area contributed by atoms with Crippen molar-refractivity contribution in [2.75, 3.05) is 25.1 Å². The molecular formula is C14H14BrN3O2S. The summed E-state index contributed by atoms with van der Waals surface area (Å²) in [6.45, 7) is 3.17. The predicted molar refractivity (Wildman–Crippen MR) is 86.9 cm³/mol. The Balaban J connectivity index is 2.01. The first kappa shape index (κ1) is 14.3. The van der Waals surface area contributed by atoms with Crippen molar-refractivity contribution in [1.82, 2.24) is 10.3 Å². The number of carbonyl (C=O) groups is 1. The predicted octanol–water partition coefficient (Wildman–Crippen LogP) is 3.10. The fourth-order valence-electron chi connectivity index (χ4n) is 2.21. The lowest BCUT2D eigenvalue weighted by Crippen LogP contribution is -2.28. The molecule has 0 spiro atoms. The molecule has 0 saturated heterocycles. The second-order valence-electron chi connectivity index (χ2n) is 4.60. The third-order valence-electron chi connectivity index (χ3n) is 3.23. The lowest BCUT2D eigenvalue weighted by molar-refractivity contribution is 0.0966. The van der Waals surface area contributed by atoms with Crippen molar-refractivity contribution in [2.24, 2.45) is 0 Å². The number of rotatable bonds is 2.